The Bertz CT molecular complexity index is 553. The molecule has 0 fully saturated rings. The highest BCUT2D eigenvalue weighted by molar-refractivity contribution is 7.09. The highest BCUT2D eigenvalue weighted by Crippen LogP contribution is 2.23. The third-order valence-electron chi connectivity index (χ3n) is 2.70. The van der Waals surface area contributed by atoms with E-state index in [1.807, 2.05) is 18.2 Å². The van der Waals surface area contributed by atoms with E-state index in [1.54, 1.807) is 7.11 Å². The summed E-state index contributed by atoms with van der Waals surface area (Å²) < 4.78 is 9.42. The van der Waals surface area contributed by atoms with Gasteiger partial charge in [0.15, 0.2) is 0 Å². The van der Waals surface area contributed by atoms with Crippen molar-refractivity contribution in [3.05, 3.63) is 29.6 Å². The molecule has 3 N–H and O–H groups in total. The number of hydrogen-bond acceptors (Lipinski definition) is 6. The van der Waals surface area contributed by atoms with Gasteiger partial charge >= 0.3 is 0 Å². The van der Waals surface area contributed by atoms with Crippen LogP contribution in [0.2, 0.25) is 0 Å². The lowest BCUT2D eigenvalue weighted by atomic mass is 10.2. The van der Waals surface area contributed by atoms with Crippen molar-refractivity contribution >= 4 is 22.4 Å². The number of benzene rings is 1. The number of ether oxygens (including phenoxy) is 1. The Morgan fingerprint density at radius 3 is 2.79 bits per heavy atom. The van der Waals surface area contributed by atoms with Gasteiger partial charge in [-0.2, -0.15) is 4.37 Å². The second-order valence-electron chi connectivity index (χ2n) is 4.54. The van der Waals surface area contributed by atoms with E-state index in [2.05, 4.69) is 28.5 Å². The van der Waals surface area contributed by atoms with Crippen LogP contribution in [0.3, 0.4) is 0 Å². The molecule has 0 spiro atoms. The highest BCUT2D eigenvalue weighted by atomic mass is 32.1. The molecule has 0 saturated heterocycles. The third kappa shape index (κ3) is 3.35. The van der Waals surface area contributed by atoms with E-state index in [4.69, 9.17) is 10.5 Å². The number of aromatic nitrogens is 2. The minimum absolute atomic E-state index is 0.350. The summed E-state index contributed by atoms with van der Waals surface area (Å²) in [4.78, 5) is 4.42. The zero-order valence-electron chi connectivity index (χ0n) is 11.3. The minimum atomic E-state index is 0.350. The van der Waals surface area contributed by atoms with Crippen LogP contribution in [0.5, 0.6) is 5.75 Å². The first-order chi connectivity index (χ1) is 9.10. The fourth-order valence-corrected chi connectivity index (χ4v) is 2.32. The number of nitrogens with two attached hydrogens (primary N) is 1. The number of hydrogen-bond donors (Lipinski definition) is 2. The lowest BCUT2D eigenvalue weighted by Crippen LogP contribution is -2.01. The van der Waals surface area contributed by atoms with Crippen molar-refractivity contribution in [3.63, 3.8) is 0 Å². The average molecular weight is 278 g/mol. The molecular weight excluding hydrogens is 260 g/mol. The summed E-state index contributed by atoms with van der Waals surface area (Å²) in [5.74, 6) is 1.92. The zero-order valence-corrected chi connectivity index (χ0v) is 12.1. The van der Waals surface area contributed by atoms with Crippen LogP contribution in [-0.4, -0.2) is 16.5 Å². The quantitative estimate of drug-likeness (QED) is 0.823. The van der Waals surface area contributed by atoms with Crippen LogP contribution in [0.1, 0.15) is 31.2 Å². The predicted molar refractivity (Wildman–Crippen MR) is 78.7 cm³/mol. The van der Waals surface area contributed by atoms with Gasteiger partial charge in [-0.3, -0.25) is 0 Å². The van der Waals surface area contributed by atoms with Crippen molar-refractivity contribution in [2.24, 2.45) is 0 Å². The van der Waals surface area contributed by atoms with Crippen LogP contribution >= 0.6 is 11.5 Å². The zero-order chi connectivity index (χ0) is 13.8. The Labute approximate surface area is 117 Å². The van der Waals surface area contributed by atoms with E-state index in [1.165, 1.54) is 11.5 Å². The van der Waals surface area contributed by atoms with Gasteiger partial charge in [-0.15, -0.1) is 0 Å². The molecule has 0 bridgehead atoms. The van der Waals surface area contributed by atoms with Gasteiger partial charge in [-0.25, -0.2) is 4.98 Å². The molecule has 19 heavy (non-hydrogen) atoms. The van der Waals surface area contributed by atoms with Gasteiger partial charge < -0.3 is 15.8 Å². The van der Waals surface area contributed by atoms with Crippen molar-refractivity contribution in [2.75, 3.05) is 18.2 Å². The van der Waals surface area contributed by atoms with Gasteiger partial charge in [0, 0.05) is 24.0 Å². The number of nitrogens with one attached hydrogen (secondary N) is 1. The van der Waals surface area contributed by atoms with Crippen LogP contribution in [0.4, 0.5) is 10.8 Å². The SMILES string of the molecule is COc1ccc(CNc2nc(C(C)C)ns2)cc1N. The number of nitrogen functional groups attached to an aromatic ring is 1. The molecule has 0 aliphatic heterocycles. The van der Waals surface area contributed by atoms with Crippen molar-refractivity contribution in [1.29, 1.82) is 0 Å². The van der Waals surface area contributed by atoms with Crippen LogP contribution in [-0.2, 0) is 6.54 Å². The number of methoxy groups -OCH3 is 1. The summed E-state index contributed by atoms with van der Waals surface area (Å²) in [6, 6.07) is 5.74. The van der Waals surface area contributed by atoms with Crippen molar-refractivity contribution in [3.8, 4) is 5.75 Å². The average Bonchev–Trinajstić information content (AvgIpc) is 2.85. The van der Waals surface area contributed by atoms with Gasteiger partial charge in [0.1, 0.15) is 11.6 Å². The first-order valence-electron chi connectivity index (χ1n) is 6.10. The molecule has 1 aromatic heterocycles. The highest BCUT2D eigenvalue weighted by Gasteiger charge is 2.07. The van der Waals surface area contributed by atoms with Gasteiger partial charge in [-0.05, 0) is 17.7 Å². The minimum Gasteiger partial charge on any atom is -0.495 e. The monoisotopic (exact) mass is 278 g/mol. The van der Waals surface area contributed by atoms with Crippen LogP contribution in [0.15, 0.2) is 18.2 Å². The maximum atomic E-state index is 5.87. The Hall–Kier alpha value is -1.82. The lowest BCUT2D eigenvalue weighted by Gasteiger charge is -2.07. The maximum absolute atomic E-state index is 5.87. The summed E-state index contributed by atoms with van der Waals surface area (Å²) in [5.41, 5.74) is 7.59. The largest absolute Gasteiger partial charge is 0.495 e. The molecule has 0 radical (unpaired) electrons. The van der Waals surface area contributed by atoms with E-state index in [0.29, 0.717) is 23.9 Å². The number of nitrogens with zero attached hydrogens (tertiary/aromatic N) is 2. The molecule has 0 atom stereocenters. The van der Waals surface area contributed by atoms with Gasteiger partial charge in [0.05, 0.1) is 12.8 Å². The smallest absolute Gasteiger partial charge is 0.202 e. The summed E-state index contributed by atoms with van der Waals surface area (Å²) in [7, 11) is 1.61. The Morgan fingerprint density at radius 2 is 2.21 bits per heavy atom. The molecule has 5 nitrogen and oxygen atoms in total. The summed E-state index contributed by atoms with van der Waals surface area (Å²) in [6.07, 6.45) is 0. The predicted octanol–water partition coefficient (Wildman–Crippen LogP) is 2.86. The fraction of sp³-hybridized carbons (Fsp3) is 0.385. The number of rotatable bonds is 5. The molecule has 2 aromatic rings. The Kier molecular flexibility index (Phi) is 4.21. The molecule has 0 aliphatic rings. The Balaban J connectivity index is 1.99. The van der Waals surface area contributed by atoms with Crippen molar-refractivity contribution in [1.82, 2.24) is 9.36 Å². The third-order valence-corrected chi connectivity index (χ3v) is 3.38. The van der Waals surface area contributed by atoms with Crippen molar-refractivity contribution in [2.45, 2.75) is 26.3 Å². The molecule has 6 heteroatoms. The molecule has 1 heterocycles. The van der Waals surface area contributed by atoms with Crippen LogP contribution < -0.4 is 15.8 Å². The van der Waals surface area contributed by atoms with Gasteiger partial charge in [0.25, 0.3) is 0 Å². The van der Waals surface area contributed by atoms with E-state index < -0.39 is 0 Å². The molecule has 0 aliphatic carbocycles. The Morgan fingerprint density at radius 1 is 1.42 bits per heavy atom. The molecule has 0 saturated carbocycles. The molecule has 2 rings (SSSR count). The van der Waals surface area contributed by atoms with Gasteiger partial charge in [0.2, 0.25) is 5.13 Å². The topological polar surface area (TPSA) is 73.1 Å². The van der Waals surface area contributed by atoms with Gasteiger partial charge in [-0.1, -0.05) is 19.9 Å². The van der Waals surface area contributed by atoms with E-state index in [9.17, 15) is 0 Å². The summed E-state index contributed by atoms with van der Waals surface area (Å²) >= 11 is 1.38. The second-order valence-corrected chi connectivity index (χ2v) is 5.29. The summed E-state index contributed by atoms with van der Waals surface area (Å²) in [6.45, 7) is 4.83. The molecule has 0 amide bonds. The standard InChI is InChI=1S/C13H18N4OS/c1-8(2)12-16-13(19-17-12)15-7-9-4-5-11(18-3)10(14)6-9/h4-6,8H,7,14H2,1-3H3,(H,15,16,17). The molecule has 102 valence electrons. The van der Waals surface area contributed by atoms with E-state index in [-0.39, 0.29) is 0 Å². The lowest BCUT2D eigenvalue weighted by molar-refractivity contribution is 0.417. The normalized spacial score (nSPS) is 10.7. The molecular formula is C13H18N4OS. The first-order valence-corrected chi connectivity index (χ1v) is 6.87. The maximum Gasteiger partial charge on any atom is 0.202 e. The van der Waals surface area contributed by atoms with Crippen LogP contribution in [0, 0.1) is 0 Å². The van der Waals surface area contributed by atoms with E-state index >= 15 is 0 Å². The number of anilines is 2. The van der Waals surface area contributed by atoms with Crippen molar-refractivity contribution < 1.29 is 4.74 Å². The molecule has 1 aromatic carbocycles. The van der Waals surface area contributed by atoms with Crippen LogP contribution in [0.25, 0.3) is 0 Å². The fourth-order valence-electron chi connectivity index (χ4n) is 1.61. The van der Waals surface area contributed by atoms with E-state index in [0.717, 1.165) is 16.5 Å². The molecule has 0 unspecified atom stereocenters. The second kappa shape index (κ2) is 5.88. The summed E-state index contributed by atoms with van der Waals surface area (Å²) in [5, 5.41) is 4.08. The first kappa shape index (κ1) is 13.6.